The molecule has 0 atom stereocenters. The Morgan fingerprint density at radius 2 is 2.05 bits per heavy atom. The van der Waals surface area contributed by atoms with Gasteiger partial charge in [0.25, 0.3) is 0 Å². The summed E-state index contributed by atoms with van der Waals surface area (Å²) in [6, 6.07) is 3.10. The highest BCUT2D eigenvalue weighted by molar-refractivity contribution is 7.89. The average molecular weight is 283 g/mol. The quantitative estimate of drug-likeness (QED) is 0.868. The first-order valence-electron chi connectivity index (χ1n) is 6.69. The number of hydrogen-bond acceptors (Lipinski definition) is 4. The van der Waals surface area contributed by atoms with Crippen LogP contribution in [0.2, 0.25) is 0 Å². The average Bonchev–Trinajstić information content (AvgIpc) is 2.75. The molecule has 5 nitrogen and oxygen atoms in total. The maximum atomic E-state index is 12.4. The first-order chi connectivity index (χ1) is 8.95. The lowest BCUT2D eigenvalue weighted by molar-refractivity contribution is 0.427. The Kier molecular flexibility index (Phi) is 4.10. The minimum absolute atomic E-state index is 0.270. The predicted octanol–water partition coefficient (Wildman–Crippen LogP) is 2.12. The monoisotopic (exact) mass is 283 g/mol. The van der Waals surface area contributed by atoms with Crippen molar-refractivity contribution in [1.82, 2.24) is 9.71 Å². The zero-order chi connectivity index (χ0) is 13.9. The molecule has 0 radical (unpaired) electrons. The van der Waals surface area contributed by atoms with Crippen LogP contribution in [0.15, 0.2) is 23.2 Å². The van der Waals surface area contributed by atoms with E-state index in [1.807, 2.05) is 13.8 Å². The number of hydrogen-bond donors (Lipinski definition) is 2. The molecular formula is C13H21N3O2S. The second-order valence-electron chi connectivity index (χ2n) is 5.28. The molecule has 1 aliphatic carbocycles. The van der Waals surface area contributed by atoms with Crippen LogP contribution in [0.25, 0.3) is 0 Å². The second kappa shape index (κ2) is 5.46. The normalized spacial score (nSPS) is 18.4. The maximum absolute atomic E-state index is 12.4. The third-order valence-corrected chi connectivity index (χ3v) is 5.12. The Labute approximate surface area is 114 Å². The van der Waals surface area contributed by atoms with Gasteiger partial charge in [-0.2, -0.15) is 0 Å². The van der Waals surface area contributed by atoms with Gasteiger partial charge >= 0.3 is 0 Å². The number of sulfonamides is 1. The number of anilines is 1. The van der Waals surface area contributed by atoms with Crippen molar-refractivity contribution in [3.05, 3.63) is 18.3 Å². The van der Waals surface area contributed by atoms with Crippen LogP contribution < -0.4 is 10.0 Å². The molecule has 0 aromatic carbocycles. The summed E-state index contributed by atoms with van der Waals surface area (Å²) in [6.07, 6.45) is 5.48. The molecule has 0 unspecified atom stereocenters. The Hall–Kier alpha value is -1.14. The summed E-state index contributed by atoms with van der Waals surface area (Å²) in [7, 11) is -3.47. The third-order valence-electron chi connectivity index (χ3n) is 3.49. The molecule has 0 aliphatic heterocycles. The van der Waals surface area contributed by atoms with Crippen molar-refractivity contribution in [2.45, 2.75) is 50.0 Å². The van der Waals surface area contributed by atoms with Crippen LogP contribution in [0.3, 0.4) is 0 Å². The van der Waals surface area contributed by atoms with E-state index >= 15 is 0 Å². The topological polar surface area (TPSA) is 71.1 Å². The summed E-state index contributed by atoms with van der Waals surface area (Å²) < 4.78 is 27.6. The summed E-state index contributed by atoms with van der Waals surface area (Å²) >= 11 is 0. The van der Waals surface area contributed by atoms with Crippen LogP contribution in [0.4, 0.5) is 5.82 Å². The number of nitrogens with zero attached hydrogens (tertiary/aromatic N) is 1. The molecule has 19 heavy (non-hydrogen) atoms. The fourth-order valence-electron chi connectivity index (χ4n) is 2.50. The number of pyridine rings is 1. The van der Waals surface area contributed by atoms with E-state index in [1.54, 1.807) is 6.07 Å². The highest BCUT2D eigenvalue weighted by Gasteiger charge is 2.33. The van der Waals surface area contributed by atoms with Crippen molar-refractivity contribution in [2.24, 2.45) is 0 Å². The van der Waals surface area contributed by atoms with Crippen molar-refractivity contribution in [1.29, 1.82) is 0 Å². The fourth-order valence-corrected chi connectivity index (χ4v) is 3.97. The SMILES string of the molecule is CCNc1cc(S(=O)(=O)NC2(C)CCCC2)ccn1. The largest absolute Gasteiger partial charge is 0.370 e. The lowest BCUT2D eigenvalue weighted by Crippen LogP contribution is -2.43. The van der Waals surface area contributed by atoms with Crippen LogP contribution in [-0.2, 0) is 10.0 Å². The standard InChI is InChI=1S/C13H21N3O2S/c1-3-14-12-10-11(6-9-15-12)19(17,18)16-13(2)7-4-5-8-13/h6,9-10,16H,3-5,7-8H2,1-2H3,(H,14,15). The van der Waals surface area contributed by atoms with Crippen molar-refractivity contribution in [3.63, 3.8) is 0 Å². The van der Waals surface area contributed by atoms with E-state index in [2.05, 4.69) is 15.0 Å². The van der Waals surface area contributed by atoms with E-state index < -0.39 is 10.0 Å². The van der Waals surface area contributed by atoms with Crippen LogP contribution in [0.5, 0.6) is 0 Å². The number of rotatable bonds is 5. The van der Waals surface area contributed by atoms with Gasteiger partial charge in [-0.3, -0.25) is 0 Å². The van der Waals surface area contributed by atoms with Gasteiger partial charge in [-0.15, -0.1) is 0 Å². The second-order valence-corrected chi connectivity index (χ2v) is 6.96. The third kappa shape index (κ3) is 3.45. The van der Waals surface area contributed by atoms with E-state index in [-0.39, 0.29) is 10.4 Å². The molecule has 1 aliphatic rings. The highest BCUT2D eigenvalue weighted by atomic mass is 32.2. The molecule has 2 rings (SSSR count). The van der Waals surface area contributed by atoms with Gasteiger partial charge in [-0.1, -0.05) is 12.8 Å². The minimum Gasteiger partial charge on any atom is -0.370 e. The van der Waals surface area contributed by atoms with Crippen molar-refractivity contribution < 1.29 is 8.42 Å². The number of aromatic nitrogens is 1. The molecule has 1 heterocycles. The lowest BCUT2D eigenvalue weighted by Gasteiger charge is -2.24. The van der Waals surface area contributed by atoms with Gasteiger partial charge in [-0.05, 0) is 32.8 Å². The van der Waals surface area contributed by atoms with Gasteiger partial charge in [0.15, 0.2) is 0 Å². The van der Waals surface area contributed by atoms with Gasteiger partial charge in [0.05, 0.1) is 4.90 Å². The number of nitrogens with one attached hydrogen (secondary N) is 2. The Bertz CT molecular complexity index is 537. The van der Waals surface area contributed by atoms with Crippen LogP contribution >= 0.6 is 0 Å². The Morgan fingerprint density at radius 3 is 2.68 bits per heavy atom. The van der Waals surface area contributed by atoms with Gasteiger partial charge < -0.3 is 5.32 Å². The molecule has 1 aromatic rings. The molecule has 1 aromatic heterocycles. The summed E-state index contributed by atoms with van der Waals surface area (Å²) in [5, 5.41) is 3.02. The zero-order valence-corrected chi connectivity index (χ0v) is 12.3. The van der Waals surface area contributed by atoms with Crippen LogP contribution in [-0.4, -0.2) is 25.5 Å². The first-order valence-corrected chi connectivity index (χ1v) is 8.17. The van der Waals surface area contributed by atoms with E-state index in [0.717, 1.165) is 25.7 Å². The molecule has 1 fully saturated rings. The molecule has 106 valence electrons. The highest BCUT2D eigenvalue weighted by Crippen LogP contribution is 2.30. The van der Waals surface area contributed by atoms with E-state index in [4.69, 9.17) is 0 Å². The maximum Gasteiger partial charge on any atom is 0.241 e. The Morgan fingerprint density at radius 1 is 1.37 bits per heavy atom. The van der Waals surface area contributed by atoms with Gasteiger partial charge in [0, 0.05) is 24.3 Å². The molecule has 2 N–H and O–H groups in total. The molecule has 0 saturated heterocycles. The summed E-state index contributed by atoms with van der Waals surface area (Å²) in [4.78, 5) is 4.36. The molecule has 6 heteroatoms. The van der Waals surface area contributed by atoms with E-state index in [9.17, 15) is 8.42 Å². The van der Waals surface area contributed by atoms with Gasteiger partial charge in [0.2, 0.25) is 10.0 Å². The summed E-state index contributed by atoms with van der Waals surface area (Å²) in [5.41, 5.74) is -0.305. The van der Waals surface area contributed by atoms with Gasteiger partial charge in [0.1, 0.15) is 5.82 Å². The van der Waals surface area contributed by atoms with Crippen molar-refractivity contribution in [2.75, 3.05) is 11.9 Å². The van der Waals surface area contributed by atoms with Crippen LogP contribution in [0, 0.1) is 0 Å². The fraction of sp³-hybridized carbons (Fsp3) is 0.615. The van der Waals surface area contributed by atoms with E-state index in [1.165, 1.54) is 12.3 Å². The molecular weight excluding hydrogens is 262 g/mol. The Balaban J connectivity index is 2.21. The minimum atomic E-state index is -3.47. The molecule has 0 spiro atoms. The lowest BCUT2D eigenvalue weighted by atomic mass is 10.0. The smallest absolute Gasteiger partial charge is 0.241 e. The summed E-state index contributed by atoms with van der Waals surface area (Å²) in [6.45, 7) is 4.63. The molecule has 0 bridgehead atoms. The zero-order valence-electron chi connectivity index (χ0n) is 11.4. The van der Waals surface area contributed by atoms with Crippen molar-refractivity contribution >= 4 is 15.8 Å². The predicted molar refractivity (Wildman–Crippen MR) is 75.6 cm³/mol. The van der Waals surface area contributed by atoms with Crippen molar-refractivity contribution in [3.8, 4) is 0 Å². The molecule has 0 amide bonds. The van der Waals surface area contributed by atoms with Crippen LogP contribution in [0.1, 0.15) is 39.5 Å². The summed E-state index contributed by atoms with van der Waals surface area (Å²) in [5.74, 6) is 0.585. The molecule has 1 saturated carbocycles. The van der Waals surface area contributed by atoms with Gasteiger partial charge in [-0.25, -0.2) is 18.1 Å². The van der Waals surface area contributed by atoms with E-state index in [0.29, 0.717) is 12.4 Å². The first kappa shape index (κ1) is 14.3.